The number of ether oxygens (including phenoxy) is 3. The maximum Gasteiger partial charge on any atom is 0.239 e. The van der Waals surface area contributed by atoms with E-state index < -0.39 is 0 Å². The van der Waals surface area contributed by atoms with Crippen molar-refractivity contribution in [3.63, 3.8) is 0 Å². The van der Waals surface area contributed by atoms with E-state index in [0.29, 0.717) is 40.4 Å². The second kappa shape index (κ2) is 12.2. The number of benzene rings is 5. The molecule has 0 fully saturated rings. The minimum absolute atomic E-state index is 0.0720. The zero-order chi connectivity index (χ0) is 29.7. The molecule has 0 radical (unpaired) electrons. The van der Waals surface area contributed by atoms with Crippen molar-refractivity contribution in [1.29, 1.82) is 0 Å². The number of rotatable bonds is 10. The molecule has 0 aliphatic carbocycles. The van der Waals surface area contributed by atoms with Crippen LogP contribution < -0.4 is 19.6 Å². The zero-order valence-electron chi connectivity index (χ0n) is 23.6. The van der Waals surface area contributed by atoms with Crippen LogP contribution in [0.5, 0.6) is 17.2 Å². The van der Waals surface area contributed by atoms with Gasteiger partial charge in [-0.15, -0.1) is 0 Å². The molecule has 5 aromatic carbocycles. The minimum Gasteiger partial charge on any atom is -0.489 e. The van der Waals surface area contributed by atoms with Crippen LogP contribution in [0.15, 0.2) is 141 Å². The Bertz CT molecular complexity index is 2090. The molecule has 7 aromatic rings. The summed E-state index contributed by atoms with van der Waals surface area (Å²) in [5, 5.41) is 0.264. The van der Waals surface area contributed by atoms with Gasteiger partial charge in [0.15, 0.2) is 17.7 Å². The van der Waals surface area contributed by atoms with Gasteiger partial charge in [-0.25, -0.2) is 4.98 Å². The number of nitrogens with zero attached hydrogens (tertiary/aromatic N) is 1. The summed E-state index contributed by atoms with van der Waals surface area (Å²) < 4.78 is 30.7. The van der Waals surface area contributed by atoms with E-state index in [1.807, 2.05) is 103 Å². The number of hydrogen-bond donors (Lipinski definition) is 0. The van der Waals surface area contributed by atoms with Gasteiger partial charge in [0.1, 0.15) is 47.8 Å². The molecule has 2 aromatic heterocycles. The van der Waals surface area contributed by atoms with Gasteiger partial charge in [-0.3, -0.25) is 4.79 Å². The quantitative estimate of drug-likeness (QED) is 0.161. The SMILES string of the molecule is O=c1c(OCc2ccccc2)c(-c2ccc3ncoc3c2)oc2cc(OCc3ccccc3)cc(OCc3ccccc3)c12. The Morgan fingerprint density at radius 3 is 1.89 bits per heavy atom. The molecule has 44 heavy (non-hydrogen) atoms. The third kappa shape index (κ3) is 5.76. The van der Waals surface area contributed by atoms with Crippen molar-refractivity contribution >= 4 is 22.1 Å². The van der Waals surface area contributed by atoms with E-state index in [2.05, 4.69) is 4.98 Å². The van der Waals surface area contributed by atoms with Gasteiger partial charge >= 0.3 is 0 Å². The standard InChI is InChI=1S/C37H27NO6/c39-35-34-32(41-22-26-12-6-2-7-13-26)19-29(40-21-25-10-4-1-5-11-25)20-33(34)44-36(28-16-17-30-31(18-28)43-24-38-30)37(35)42-23-27-14-8-3-9-15-27/h1-20,24H,21-23H2. The maximum absolute atomic E-state index is 14.3. The molecule has 0 bridgehead atoms. The van der Waals surface area contributed by atoms with Crippen LogP contribution in [0.2, 0.25) is 0 Å². The summed E-state index contributed by atoms with van der Waals surface area (Å²) in [7, 11) is 0. The van der Waals surface area contributed by atoms with E-state index in [1.54, 1.807) is 18.2 Å². The third-order valence-electron chi connectivity index (χ3n) is 7.20. The van der Waals surface area contributed by atoms with Crippen molar-refractivity contribution in [2.75, 3.05) is 0 Å². The molecule has 7 rings (SSSR count). The van der Waals surface area contributed by atoms with Gasteiger partial charge in [0.2, 0.25) is 11.2 Å². The van der Waals surface area contributed by atoms with Crippen LogP contribution in [0, 0.1) is 0 Å². The molecule has 0 amide bonds. The lowest BCUT2D eigenvalue weighted by molar-refractivity contribution is 0.288. The molecule has 0 saturated carbocycles. The van der Waals surface area contributed by atoms with Crippen molar-refractivity contribution in [3.05, 3.63) is 155 Å². The predicted molar refractivity (Wildman–Crippen MR) is 168 cm³/mol. The Labute approximate surface area is 252 Å². The van der Waals surface area contributed by atoms with E-state index in [0.717, 1.165) is 16.7 Å². The lowest BCUT2D eigenvalue weighted by Crippen LogP contribution is -2.12. The lowest BCUT2D eigenvalue weighted by Gasteiger charge is -2.16. The number of fused-ring (bicyclic) bond motifs is 2. The highest BCUT2D eigenvalue weighted by Gasteiger charge is 2.23. The average Bonchev–Trinajstić information content (AvgIpc) is 3.55. The number of aromatic nitrogens is 1. The zero-order valence-corrected chi connectivity index (χ0v) is 23.6. The summed E-state index contributed by atoms with van der Waals surface area (Å²) in [4.78, 5) is 18.5. The predicted octanol–water partition coefficient (Wildman–Crippen LogP) is 8.34. The van der Waals surface area contributed by atoms with Crippen LogP contribution in [0.4, 0.5) is 0 Å². The van der Waals surface area contributed by atoms with E-state index in [-0.39, 0.29) is 35.5 Å². The summed E-state index contributed by atoms with van der Waals surface area (Å²) in [6, 6.07) is 38.1. The molecular weight excluding hydrogens is 554 g/mol. The van der Waals surface area contributed by atoms with Crippen molar-refractivity contribution in [3.8, 4) is 28.6 Å². The van der Waals surface area contributed by atoms with Gasteiger partial charge in [-0.2, -0.15) is 0 Å². The van der Waals surface area contributed by atoms with E-state index in [1.165, 1.54) is 6.39 Å². The molecule has 0 spiro atoms. The first-order chi connectivity index (χ1) is 21.7. The molecule has 2 heterocycles. The Balaban J connectivity index is 1.36. The van der Waals surface area contributed by atoms with Crippen LogP contribution >= 0.6 is 0 Å². The number of hydrogen-bond acceptors (Lipinski definition) is 7. The van der Waals surface area contributed by atoms with Gasteiger partial charge in [0.05, 0.1) is 0 Å². The molecule has 7 nitrogen and oxygen atoms in total. The second-order valence-corrected chi connectivity index (χ2v) is 10.2. The molecule has 0 aliphatic heterocycles. The normalized spacial score (nSPS) is 11.1. The first-order valence-electron chi connectivity index (χ1n) is 14.2. The van der Waals surface area contributed by atoms with Gasteiger partial charge in [-0.1, -0.05) is 91.0 Å². The summed E-state index contributed by atoms with van der Waals surface area (Å²) in [6.45, 7) is 0.761. The Kier molecular flexibility index (Phi) is 7.49. The molecule has 0 unspecified atom stereocenters. The maximum atomic E-state index is 14.3. The fourth-order valence-electron chi connectivity index (χ4n) is 4.96. The average molecular weight is 582 g/mol. The molecule has 7 heteroatoms. The van der Waals surface area contributed by atoms with Gasteiger partial charge < -0.3 is 23.0 Å². The van der Waals surface area contributed by atoms with Crippen LogP contribution in [0.25, 0.3) is 33.4 Å². The van der Waals surface area contributed by atoms with Crippen LogP contribution in [-0.4, -0.2) is 4.98 Å². The molecule has 0 aliphatic rings. The Morgan fingerprint density at radius 1 is 0.614 bits per heavy atom. The molecule has 0 N–H and O–H groups in total. The Hall–Kier alpha value is -5.82. The van der Waals surface area contributed by atoms with Gasteiger partial charge in [0, 0.05) is 17.7 Å². The van der Waals surface area contributed by atoms with Crippen molar-refractivity contribution in [1.82, 2.24) is 4.98 Å². The van der Waals surface area contributed by atoms with E-state index in [4.69, 9.17) is 23.0 Å². The molecule has 0 atom stereocenters. The number of oxazole rings is 1. The van der Waals surface area contributed by atoms with Crippen molar-refractivity contribution in [2.24, 2.45) is 0 Å². The third-order valence-corrected chi connectivity index (χ3v) is 7.20. The monoisotopic (exact) mass is 581 g/mol. The van der Waals surface area contributed by atoms with E-state index in [9.17, 15) is 4.79 Å². The fourth-order valence-corrected chi connectivity index (χ4v) is 4.96. The minimum atomic E-state index is -0.354. The fraction of sp³-hybridized carbons (Fsp3) is 0.0811. The summed E-state index contributed by atoms with van der Waals surface area (Å²) in [5.74, 6) is 1.18. The first-order valence-corrected chi connectivity index (χ1v) is 14.2. The van der Waals surface area contributed by atoms with Crippen LogP contribution in [-0.2, 0) is 19.8 Å². The molecule has 216 valence electrons. The first kappa shape index (κ1) is 27.0. The summed E-state index contributed by atoms with van der Waals surface area (Å²) in [6.07, 6.45) is 1.38. The molecule has 0 saturated heterocycles. The van der Waals surface area contributed by atoms with Gasteiger partial charge in [0.25, 0.3) is 0 Å². The van der Waals surface area contributed by atoms with Gasteiger partial charge in [-0.05, 0) is 34.9 Å². The highest BCUT2D eigenvalue weighted by Crippen LogP contribution is 2.38. The summed E-state index contributed by atoms with van der Waals surface area (Å²) in [5.41, 5.74) is 4.69. The largest absolute Gasteiger partial charge is 0.489 e. The highest BCUT2D eigenvalue weighted by atomic mass is 16.5. The second-order valence-electron chi connectivity index (χ2n) is 10.2. The van der Waals surface area contributed by atoms with E-state index >= 15 is 0 Å². The highest BCUT2D eigenvalue weighted by molar-refractivity contribution is 5.89. The molecular formula is C37H27NO6. The smallest absolute Gasteiger partial charge is 0.239 e. The van der Waals surface area contributed by atoms with Crippen molar-refractivity contribution < 1.29 is 23.0 Å². The lowest BCUT2D eigenvalue weighted by atomic mass is 10.1. The van der Waals surface area contributed by atoms with Crippen LogP contribution in [0.1, 0.15) is 16.7 Å². The van der Waals surface area contributed by atoms with Crippen LogP contribution in [0.3, 0.4) is 0 Å². The van der Waals surface area contributed by atoms with Crippen molar-refractivity contribution in [2.45, 2.75) is 19.8 Å². The topological polar surface area (TPSA) is 83.9 Å². The Morgan fingerprint density at radius 2 is 1.23 bits per heavy atom. The summed E-state index contributed by atoms with van der Waals surface area (Å²) >= 11 is 0.